The zero-order valence-electron chi connectivity index (χ0n) is 8.57. The van der Waals surface area contributed by atoms with E-state index in [1.165, 1.54) is 6.08 Å². The molecule has 1 unspecified atom stereocenters. The van der Waals surface area contributed by atoms with Crippen LogP contribution in [0.2, 0.25) is 0 Å². The summed E-state index contributed by atoms with van der Waals surface area (Å²) in [7, 11) is 0. The summed E-state index contributed by atoms with van der Waals surface area (Å²) in [5.41, 5.74) is 0. The van der Waals surface area contributed by atoms with Gasteiger partial charge < -0.3 is 9.47 Å². The van der Waals surface area contributed by atoms with Gasteiger partial charge in [0.05, 0.1) is 12.7 Å². The SMILES string of the molecule is C=CC(=O)OCCCCOC(C)CS. The summed E-state index contributed by atoms with van der Waals surface area (Å²) in [5.74, 6) is 0.362. The first kappa shape index (κ1) is 13.5. The second kappa shape index (κ2) is 9.09. The Bertz CT molecular complexity index is 171. The van der Waals surface area contributed by atoms with E-state index in [1.54, 1.807) is 0 Å². The number of rotatable bonds is 8. The molecule has 82 valence electrons. The van der Waals surface area contributed by atoms with Gasteiger partial charge in [-0.25, -0.2) is 4.79 Å². The molecule has 0 bridgehead atoms. The van der Waals surface area contributed by atoms with Crippen LogP contribution < -0.4 is 0 Å². The molecule has 0 aromatic heterocycles. The van der Waals surface area contributed by atoms with Crippen molar-refractivity contribution in [3.63, 3.8) is 0 Å². The van der Waals surface area contributed by atoms with Crippen LogP contribution in [0, 0.1) is 0 Å². The van der Waals surface area contributed by atoms with E-state index in [2.05, 4.69) is 19.2 Å². The molecule has 3 nitrogen and oxygen atoms in total. The fourth-order valence-corrected chi connectivity index (χ4v) is 0.878. The maximum absolute atomic E-state index is 10.6. The standard InChI is InChI=1S/C10H18O3S/c1-3-10(11)13-7-5-4-6-12-9(2)8-14/h3,9,14H,1,4-8H2,2H3. The molecule has 0 saturated carbocycles. The number of carbonyl (C=O) groups is 1. The van der Waals surface area contributed by atoms with E-state index < -0.39 is 0 Å². The fourth-order valence-electron chi connectivity index (χ4n) is 0.773. The van der Waals surface area contributed by atoms with Gasteiger partial charge in [0.15, 0.2) is 0 Å². The Kier molecular flexibility index (Phi) is 8.78. The van der Waals surface area contributed by atoms with Crippen molar-refractivity contribution in [3.8, 4) is 0 Å². The van der Waals surface area contributed by atoms with E-state index in [1.807, 2.05) is 6.92 Å². The van der Waals surface area contributed by atoms with E-state index in [0.717, 1.165) is 18.6 Å². The van der Waals surface area contributed by atoms with Crippen molar-refractivity contribution in [1.82, 2.24) is 0 Å². The van der Waals surface area contributed by atoms with Gasteiger partial charge in [-0.3, -0.25) is 0 Å². The molecule has 0 aromatic rings. The van der Waals surface area contributed by atoms with E-state index in [-0.39, 0.29) is 12.1 Å². The monoisotopic (exact) mass is 218 g/mol. The highest BCUT2D eigenvalue weighted by atomic mass is 32.1. The molecule has 0 N–H and O–H groups in total. The molecule has 0 aliphatic rings. The van der Waals surface area contributed by atoms with Crippen LogP contribution in [-0.4, -0.2) is 31.0 Å². The number of hydrogen-bond acceptors (Lipinski definition) is 4. The normalized spacial score (nSPS) is 12.1. The Hall–Kier alpha value is -0.480. The molecule has 1 atom stereocenters. The lowest BCUT2D eigenvalue weighted by molar-refractivity contribution is -0.137. The second-order valence-electron chi connectivity index (χ2n) is 2.94. The summed E-state index contributed by atoms with van der Waals surface area (Å²) in [6.45, 7) is 6.40. The third kappa shape index (κ3) is 8.13. The van der Waals surface area contributed by atoms with Crippen molar-refractivity contribution in [1.29, 1.82) is 0 Å². The maximum Gasteiger partial charge on any atom is 0.330 e. The number of unbranched alkanes of at least 4 members (excludes halogenated alkanes) is 1. The van der Waals surface area contributed by atoms with Gasteiger partial charge >= 0.3 is 5.97 Å². The van der Waals surface area contributed by atoms with Crippen LogP contribution in [0.5, 0.6) is 0 Å². The Morgan fingerprint density at radius 1 is 1.50 bits per heavy atom. The number of carbonyl (C=O) groups excluding carboxylic acids is 1. The number of ether oxygens (including phenoxy) is 2. The molecule has 0 aliphatic carbocycles. The van der Waals surface area contributed by atoms with E-state index in [9.17, 15) is 4.79 Å². The minimum atomic E-state index is -0.366. The molecule has 0 amide bonds. The first-order chi connectivity index (χ1) is 6.70. The molecule has 14 heavy (non-hydrogen) atoms. The van der Waals surface area contributed by atoms with Crippen LogP contribution in [0.25, 0.3) is 0 Å². The van der Waals surface area contributed by atoms with Gasteiger partial charge in [-0.1, -0.05) is 6.58 Å². The molecule has 0 aliphatic heterocycles. The highest BCUT2D eigenvalue weighted by molar-refractivity contribution is 7.80. The smallest absolute Gasteiger partial charge is 0.330 e. The van der Waals surface area contributed by atoms with E-state index in [4.69, 9.17) is 9.47 Å². The molecule has 0 aromatic carbocycles. The van der Waals surface area contributed by atoms with Crippen LogP contribution in [0.1, 0.15) is 19.8 Å². The first-order valence-corrected chi connectivity index (χ1v) is 5.35. The number of thiol groups is 1. The molecule has 0 radical (unpaired) electrons. The summed E-state index contributed by atoms with van der Waals surface area (Å²) in [6, 6.07) is 0. The van der Waals surface area contributed by atoms with Crippen molar-refractivity contribution >= 4 is 18.6 Å². The summed E-state index contributed by atoms with van der Waals surface area (Å²) in [5, 5.41) is 0. The van der Waals surface area contributed by atoms with Crippen LogP contribution in [-0.2, 0) is 14.3 Å². The van der Waals surface area contributed by atoms with E-state index in [0.29, 0.717) is 13.2 Å². The quantitative estimate of drug-likeness (QED) is 0.292. The molecule has 0 rings (SSSR count). The van der Waals surface area contributed by atoms with Crippen molar-refractivity contribution in [2.45, 2.75) is 25.9 Å². The van der Waals surface area contributed by atoms with Crippen molar-refractivity contribution in [2.24, 2.45) is 0 Å². The van der Waals surface area contributed by atoms with Crippen LogP contribution in [0.4, 0.5) is 0 Å². The Balaban J connectivity index is 3.14. The van der Waals surface area contributed by atoms with Crippen molar-refractivity contribution in [2.75, 3.05) is 19.0 Å². The van der Waals surface area contributed by atoms with Gasteiger partial charge in [-0.05, 0) is 19.8 Å². The van der Waals surface area contributed by atoms with Gasteiger partial charge in [0.2, 0.25) is 0 Å². The lowest BCUT2D eigenvalue weighted by atomic mass is 10.3. The lowest BCUT2D eigenvalue weighted by Crippen LogP contribution is -2.11. The largest absolute Gasteiger partial charge is 0.463 e. The van der Waals surface area contributed by atoms with Gasteiger partial charge in [0.25, 0.3) is 0 Å². The Labute approximate surface area is 90.9 Å². The average Bonchev–Trinajstić information content (AvgIpc) is 2.22. The zero-order chi connectivity index (χ0) is 10.8. The topological polar surface area (TPSA) is 35.5 Å². The van der Waals surface area contributed by atoms with Gasteiger partial charge in [-0.2, -0.15) is 12.6 Å². The molecule has 0 saturated heterocycles. The van der Waals surface area contributed by atoms with Crippen molar-refractivity contribution < 1.29 is 14.3 Å². The Morgan fingerprint density at radius 3 is 2.71 bits per heavy atom. The second-order valence-corrected chi connectivity index (χ2v) is 3.31. The molecule has 0 heterocycles. The van der Waals surface area contributed by atoms with Gasteiger partial charge in [-0.15, -0.1) is 0 Å². The number of hydrogen-bond donors (Lipinski definition) is 1. The summed E-state index contributed by atoms with van der Waals surface area (Å²) < 4.78 is 10.2. The third-order valence-electron chi connectivity index (χ3n) is 1.61. The zero-order valence-corrected chi connectivity index (χ0v) is 9.46. The molecule has 0 spiro atoms. The summed E-state index contributed by atoms with van der Waals surface area (Å²) in [6.07, 6.45) is 3.06. The van der Waals surface area contributed by atoms with Crippen LogP contribution >= 0.6 is 12.6 Å². The molecular formula is C10H18O3S. The van der Waals surface area contributed by atoms with Crippen molar-refractivity contribution in [3.05, 3.63) is 12.7 Å². The average molecular weight is 218 g/mol. The maximum atomic E-state index is 10.6. The third-order valence-corrected chi connectivity index (χ3v) is 2.12. The fraction of sp³-hybridized carbons (Fsp3) is 0.700. The minimum absolute atomic E-state index is 0.189. The summed E-state index contributed by atoms with van der Waals surface area (Å²) >= 11 is 4.09. The Morgan fingerprint density at radius 2 is 2.14 bits per heavy atom. The van der Waals surface area contributed by atoms with E-state index >= 15 is 0 Å². The van der Waals surface area contributed by atoms with Crippen LogP contribution in [0.15, 0.2) is 12.7 Å². The number of esters is 1. The predicted octanol–water partition coefficient (Wildman–Crippen LogP) is 1.83. The predicted molar refractivity (Wildman–Crippen MR) is 59.7 cm³/mol. The highest BCUT2D eigenvalue weighted by Gasteiger charge is 1.98. The first-order valence-electron chi connectivity index (χ1n) is 4.72. The van der Waals surface area contributed by atoms with Gasteiger partial charge in [0, 0.05) is 18.4 Å². The summed E-state index contributed by atoms with van der Waals surface area (Å²) in [4.78, 5) is 10.6. The molecule has 4 heteroatoms. The molecular weight excluding hydrogens is 200 g/mol. The minimum Gasteiger partial charge on any atom is -0.463 e. The lowest BCUT2D eigenvalue weighted by Gasteiger charge is -2.09. The van der Waals surface area contributed by atoms with Gasteiger partial charge in [0.1, 0.15) is 0 Å². The molecule has 0 fully saturated rings. The highest BCUT2D eigenvalue weighted by Crippen LogP contribution is 1.97. The van der Waals surface area contributed by atoms with Crippen LogP contribution in [0.3, 0.4) is 0 Å².